The summed E-state index contributed by atoms with van der Waals surface area (Å²) in [5.41, 5.74) is 1.28. The molecule has 0 saturated carbocycles. The molecule has 0 radical (unpaired) electrons. The first kappa shape index (κ1) is 16.5. The van der Waals surface area contributed by atoms with Gasteiger partial charge in [-0.05, 0) is 35.9 Å². The van der Waals surface area contributed by atoms with Crippen LogP contribution in [0.25, 0.3) is 6.08 Å². The monoisotopic (exact) mass is 364 g/mol. The molecular weight excluding hydrogens is 354 g/mol. The number of carbonyl (C=O) groups excluding carboxylic acids is 1. The summed E-state index contributed by atoms with van der Waals surface area (Å²) in [6, 6.07) is 9.49. The van der Waals surface area contributed by atoms with Crippen molar-refractivity contribution in [1.29, 1.82) is 0 Å². The molecule has 1 aliphatic heterocycles. The van der Waals surface area contributed by atoms with E-state index in [1.807, 2.05) is 0 Å². The third-order valence-corrected chi connectivity index (χ3v) is 4.40. The Hall–Kier alpha value is -2.32. The smallest absolute Gasteiger partial charge is 0.387 e. The Morgan fingerprint density at radius 3 is 2.62 bits per heavy atom. The Balaban J connectivity index is 1.81. The number of pyridine rings is 1. The molecule has 1 aromatic carbocycles. The second kappa shape index (κ2) is 7.06. The minimum atomic E-state index is -2.87. The summed E-state index contributed by atoms with van der Waals surface area (Å²) >= 11 is 6.43. The van der Waals surface area contributed by atoms with Crippen LogP contribution >= 0.6 is 24.0 Å². The number of halogens is 2. The number of thioether (sulfide) groups is 1. The zero-order chi connectivity index (χ0) is 17.1. The van der Waals surface area contributed by atoms with Gasteiger partial charge in [-0.15, -0.1) is 0 Å². The summed E-state index contributed by atoms with van der Waals surface area (Å²) in [4.78, 5) is 18.4. The van der Waals surface area contributed by atoms with Crippen LogP contribution < -0.4 is 9.64 Å². The van der Waals surface area contributed by atoms with E-state index in [9.17, 15) is 13.6 Å². The fourth-order valence-corrected chi connectivity index (χ4v) is 3.37. The van der Waals surface area contributed by atoms with Crippen LogP contribution in [0.3, 0.4) is 0 Å². The first-order chi connectivity index (χ1) is 11.5. The third-order valence-electron chi connectivity index (χ3n) is 3.10. The van der Waals surface area contributed by atoms with E-state index in [0.717, 1.165) is 0 Å². The molecule has 4 nitrogen and oxygen atoms in total. The number of nitrogens with zero attached hydrogens (tertiary/aromatic N) is 2. The Kier molecular flexibility index (Phi) is 4.86. The molecule has 0 N–H and O–H groups in total. The molecule has 1 amide bonds. The molecule has 2 heterocycles. The van der Waals surface area contributed by atoms with E-state index in [4.69, 9.17) is 12.2 Å². The number of rotatable bonds is 4. The molecule has 24 heavy (non-hydrogen) atoms. The average molecular weight is 364 g/mol. The number of hydrogen-bond donors (Lipinski definition) is 0. The van der Waals surface area contributed by atoms with Crippen LogP contribution in [0.2, 0.25) is 0 Å². The fourth-order valence-electron chi connectivity index (χ4n) is 2.07. The molecule has 122 valence electrons. The maximum absolute atomic E-state index is 12.5. The van der Waals surface area contributed by atoms with Crippen LogP contribution in [0.4, 0.5) is 14.5 Å². The van der Waals surface area contributed by atoms with Gasteiger partial charge in [-0.25, -0.2) is 0 Å². The normalized spacial score (nSPS) is 16.3. The van der Waals surface area contributed by atoms with E-state index in [1.165, 1.54) is 28.8 Å². The van der Waals surface area contributed by atoms with E-state index >= 15 is 0 Å². The van der Waals surface area contributed by atoms with Gasteiger partial charge in [0.15, 0.2) is 4.32 Å². The Bertz CT molecular complexity index is 795. The lowest BCUT2D eigenvalue weighted by Crippen LogP contribution is -2.27. The van der Waals surface area contributed by atoms with Crippen molar-refractivity contribution >= 4 is 46.0 Å². The number of ether oxygens (including phenoxy) is 1. The second-order valence-electron chi connectivity index (χ2n) is 4.68. The predicted octanol–water partition coefficient (Wildman–Crippen LogP) is 4.09. The van der Waals surface area contributed by atoms with Crippen LogP contribution in [0.5, 0.6) is 5.75 Å². The second-order valence-corrected chi connectivity index (χ2v) is 6.35. The van der Waals surface area contributed by atoms with Gasteiger partial charge < -0.3 is 4.74 Å². The molecule has 0 unspecified atom stereocenters. The maximum atomic E-state index is 12.5. The minimum absolute atomic E-state index is 0.0602. The van der Waals surface area contributed by atoms with Crippen LogP contribution in [0, 0.1) is 0 Å². The van der Waals surface area contributed by atoms with Gasteiger partial charge in [-0.2, -0.15) is 8.78 Å². The highest BCUT2D eigenvalue weighted by Crippen LogP contribution is 2.35. The van der Waals surface area contributed by atoms with Gasteiger partial charge in [-0.3, -0.25) is 14.7 Å². The topological polar surface area (TPSA) is 42.4 Å². The largest absolute Gasteiger partial charge is 0.435 e. The summed E-state index contributed by atoms with van der Waals surface area (Å²) in [6.07, 6.45) is 4.83. The summed E-state index contributed by atoms with van der Waals surface area (Å²) in [5, 5.41) is 0. The van der Waals surface area contributed by atoms with Crippen molar-refractivity contribution in [2.45, 2.75) is 6.61 Å². The lowest BCUT2D eigenvalue weighted by atomic mass is 10.2. The average Bonchev–Trinajstić information content (AvgIpc) is 2.83. The van der Waals surface area contributed by atoms with Gasteiger partial charge in [0, 0.05) is 6.20 Å². The highest BCUT2D eigenvalue weighted by atomic mass is 32.2. The number of anilines is 1. The Morgan fingerprint density at radius 1 is 1.25 bits per heavy atom. The van der Waals surface area contributed by atoms with Crippen molar-refractivity contribution in [1.82, 2.24) is 4.98 Å². The Labute approximate surface area is 146 Å². The lowest BCUT2D eigenvalue weighted by Gasteiger charge is -2.13. The Morgan fingerprint density at radius 2 is 2.00 bits per heavy atom. The molecule has 1 fully saturated rings. The molecule has 0 bridgehead atoms. The van der Waals surface area contributed by atoms with Crippen LogP contribution in [-0.2, 0) is 4.79 Å². The quantitative estimate of drug-likeness (QED) is 0.604. The number of amides is 1. The number of benzene rings is 1. The van der Waals surface area contributed by atoms with Crippen molar-refractivity contribution in [2.75, 3.05) is 4.90 Å². The van der Waals surface area contributed by atoms with Crippen molar-refractivity contribution in [2.24, 2.45) is 0 Å². The van der Waals surface area contributed by atoms with Crippen molar-refractivity contribution in [3.63, 3.8) is 0 Å². The van der Waals surface area contributed by atoms with Gasteiger partial charge in [0.05, 0.1) is 16.8 Å². The summed E-state index contributed by atoms with van der Waals surface area (Å²) in [7, 11) is 0. The third kappa shape index (κ3) is 3.60. The molecular formula is C16H10F2N2O2S2. The van der Waals surface area contributed by atoms with Crippen LogP contribution in [0.15, 0.2) is 53.7 Å². The molecule has 2 aromatic rings. The molecule has 1 aliphatic rings. The van der Waals surface area contributed by atoms with E-state index in [-0.39, 0.29) is 11.7 Å². The molecule has 0 atom stereocenters. The summed E-state index contributed by atoms with van der Waals surface area (Å²) in [6.45, 7) is -2.87. The number of thiocarbonyl (C=S) groups is 1. The molecule has 0 aliphatic carbocycles. The number of carbonyl (C=O) groups is 1. The molecule has 0 spiro atoms. The zero-order valence-electron chi connectivity index (χ0n) is 12.1. The highest BCUT2D eigenvalue weighted by molar-refractivity contribution is 8.27. The number of hydrogen-bond acceptors (Lipinski definition) is 5. The van der Waals surface area contributed by atoms with Crippen LogP contribution in [-0.4, -0.2) is 21.8 Å². The molecule has 3 rings (SSSR count). The summed E-state index contributed by atoms with van der Waals surface area (Å²) < 4.78 is 29.0. The van der Waals surface area contributed by atoms with E-state index in [1.54, 1.807) is 42.7 Å². The van der Waals surface area contributed by atoms with E-state index in [2.05, 4.69) is 9.72 Å². The molecule has 1 saturated heterocycles. The van der Waals surface area contributed by atoms with Gasteiger partial charge in [0.1, 0.15) is 5.75 Å². The van der Waals surface area contributed by atoms with Crippen molar-refractivity contribution in [3.8, 4) is 5.75 Å². The molecule has 8 heteroatoms. The lowest BCUT2D eigenvalue weighted by molar-refractivity contribution is -0.113. The van der Waals surface area contributed by atoms with E-state index < -0.39 is 6.61 Å². The molecule has 1 aromatic heterocycles. The SMILES string of the molecule is O=C1/C(=C/c2ccc(OC(F)F)cc2)SC(=S)N1c1cccnc1. The minimum Gasteiger partial charge on any atom is -0.435 e. The maximum Gasteiger partial charge on any atom is 0.387 e. The van der Waals surface area contributed by atoms with Crippen LogP contribution in [0.1, 0.15) is 5.56 Å². The van der Waals surface area contributed by atoms with Gasteiger partial charge in [-0.1, -0.05) is 36.1 Å². The van der Waals surface area contributed by atoms with Crippen molar-refractivity contribution < 1.29 is 18.3 Å². The first-order valence-electron chi connectivity index (χ1n) is 6.77. The highest BCUT2D eigenvalue weighted by Gasteiger charge is 2.33. The standard InChI is InChI=1S/C16H10F2N2O2S2/c17-15(18)22-12-5-3-10(4-6-12)8-13-14(21)20(16(23)24-13)11-2-1-7-19-9-11/h1-9,15H/b13-8-. The first-order valence-corrected chi connectivity index (χ1v) is 8.00. The van der Waals surface area contributed by atoms with Gasteiger partial charge >= 0.3 is 6.61 Å². The zero-order valence-corrected chi connectivity index (χ0v) is 13.7. The van der Waals surface area contributed by atoms with Gasteiger partial charge in [0.2, 0.25) is 0 Å². The fraction of sp³-hybridized carbons (Fsp3) is 0.0625. The summed E-state index contributed by atoms with van der Waals surface area (Å²) in [5.74, 6) is -0.184. The number of alkyl halides is 2. The number of aromatic nitrogens is 1. The van der Waals surface area contributed by atoms with Crippen molar-refractivity contribution in [3.05, 3.63) is 59.3 Å². The van der Waals surface area contributed by atoms with E-state index in [0.29, 0.717) is 20.5 Å². The predicted molar refractivity (Wildman–Crippen MR) is 93.0 cm³/mol. The van der Waals surface area contributed by atoms with Gasteiger partial charge in [0.25, 0.3) is 5.91 Å².